The Labute approximate surface area is 178 Å². The first-order valence-electron chi connectivity index (χ1n) is 10.2. The lowest BCUT2D eigenvalue weighted by Gasteiger charge is -2.36. The zero-order chi connectivity index (χ0) is 21.5. The van der Waals surface area contributed by atoms with Crippen LogP contribution in [0.5, 0.6) is 0 Å². The van der Waals surface area contributed by atoms with Gasteiger partial charge in [-0.05, 0) is 48.0 Å². The molecule has 0 saturated heterocycles. The van der Waals surface area contributed by atoms with Gasteiger partial charge in [-0.2, -0.15) is 4.98 Å². The zero-order valence-electron chi connectivity index (χ0n) is 18.5. The average Bonchev–Trinajstić information content (AvgIpc) is 3.19. The van der Waals surface area contributed by atoms with E-state index in [-0.39, 0.29) is 5.04 Å². The van der Waals surface area contributed by atoms with Crippen LogP contribution >= 0.6 is 0 Å². The first-order valence-corrected chi connectivity index (χ1v) is 13.1. The number of para-hydroxylation sites is 1. The highest BCUT2D eigenvalue weighted by Crippen LogP contribution is 2.37. The van der Waals surface area contributed by atoms with Crippen molar-refractivity contribution in [3.8, 4) is 0 Å². The van der Waals surface area contributed by atoms with Crippen molar-refractivity contribution in [2.24, 2.45) is 0 Å². The third-order valence-corrected chi connectivity index (χ3v) is 10.6. The van der Waals surface area contributed by atoms with E-state index >= 15 is 0 Å². The molecule has 0 spiro atoms. The summed E-state index contributed by atoms with van der Waals surface area (Å²) in [6, 6.07) is 16.7. The maximum Gasteiger partial charge on any atom is 0.257 e. The van der Waals surface area contributed by atoms with Crippen molar-refractivity contribution < 1.29 is 4.43 Å². The monoisotopic (exact) mass is 419 g/mol. The summed E-state index contributed by atoms with van der Waals surface area (Å²) in [7, 11) is 0.238. The second kappa shape index (κ2) is 7.48. The van der Waals surface area contributed by atoms with Gasteiger partial charge in [0.1, 0.15) is 12.1 Å². The molecule has 4 rings (SSSR count). The molecule has 0 aliphatic heterocycles. The molecular formula is C23H29N5OSi. The number of aromatic nitrogens is 4. The Morgan fingerprint density at radius 3 is 2.60 bits per heavy atom. The Hall–Kier alpha value is -2.77. The molecule has 4 aromatic rings. The van der Waals surface area contributed by atoms with E-state index in [0.717, 1.165) is 28.0 Å². The molecule has 2 heterocycles. The summed E-state index contributed by atoms with van der Waals surface area (Å²) in [5.74, 6) is 1.45. The van der Waals surface area contributed by atoms with Crippen LogP contribution in [0.3, 0.4) is 0 Å². The zero-order valence-corrected chi connectivity index (χ0v) is 19.5. The predicted molar refractivity (Wildman–Crippen MR) is 125 cm³/mol. The van der Waals surface area contributed by atoms with Crippen LogP contribution in [0.15, 0.2) is 54.9 Å². The Morgan fingerprint density at radius 2 is 1.83 bits per heavy atom. The number of nitrogens with zero attached hydrogens (tertiary/aromatic N) is 5. The molecule has 0 amide bonds. The van der Waals surface area contributed by atoms with E-state index in [1.807, 2.05) is 23.6 Å². The van der Waals surface area contributed by atoms with Crippen molar-refractivity contribution in [3.05, 3.63) is 60.4 Å². The molecule has 0 aliphatic rings. The summed E-state index contributed by atoms with van der Waals surface area (Å²) < 4.78 is 8.33. The van der Waals surface area contributed by atoms with Gasteiger partial charge in [0, 0.05) is 18.1 Å². The van der Waals surface area contributed by atoms with E-state index in [4.69, 9.17) is 9.41 Å². The van der Waals surface area contributed by atoms with Gasteiger partial charge < -0.3 is 9.33 Å². The molecule has 7 heteroatoms. The summed E-state index contributed by atoms with van der Waals surface area (Å²) in [4.78, 5) is 6.88. The molecule has 156 valence electrons. The van der Waals surface area contributed by atoms with E-state index in [0.29, 0.717) is 12.4 Å². The summed E-state index contributed by atoms with van der Waals surface area (Å²) in [6.07, 6.45) is 1.70. The highest BCUT2D eigenvalue weighted by Gasteiger charge is 2.37. The van der Waals surface area contributed by atoms with Crippen molar-refractivity contribution in [1.82, 2.24) is 19.6 Å². The lowest BCUT2D eigenvalue weighted by molar-refractivity contribution is 0.276. The van der Waals surface area contributed by atoms with Crippen molar-refractivity contribution in [1.29, 1.82) is 0 Å². The van der Waals surface area contributed by atoms with Gasteiger partial charge in [0.2, 0.25) is 0 Å². The molecular weight excluding hydrogens is 390 g/mol. The van der Waals surface area contributed by atoms with E-state index in [1.165, 1.54) is 0 Å². The second-order valence-corrected chi connectivity index (χ2v) is 14.0. The van der Waals surface area contributed by atoms with Crippen LogP contribution in [0.2, 0.25) is 18.1 Å². The van der Waals surface area contributed by atoms with Crippen LogP contribution in [0.1, 0.15) is 26.3 Å². The SMILES string of the molecule is CN(c1cccc(CO[Si](C)(C)C(C)(C)C)c1)c1nc2nncn2c2ccccc12. The largest absolute Gasteiger partial charge is 0.413 e. The van der Waals surface area contributed by atoms with E-state index in [2.05, 4.69) is 85.4 Å². The normalized spacial score (nSPS) is 12.6. The van der Waals surface area contributed by atoms with Crippen molar-refractivity contribution in [3.63, 3.8) is 0 Å². The standard InChI is InChI=1S/C23H29N5OSi/c1-23(2,3)30(5,6)29-15-17-10-9-11-18(14-17)27(4)21-19-12-7-8-13-20(19)28-16-24-26-22(28)25-21/h7-14,16H,15H2,1-6H3. The lowest BCUT2D eigenvalue weighted by Crippen LogP contribution is -2.40. The molecule has 0 atom stereocenters. The maximum atomic E-state index is 6.42. The first-order chi connectivity index (χ1) is 14.2. The first kappa shape index (κ1) is 20.5. The Kier molecular flexibility index (Phi) is 5.11. The molecule has 30 heavy (non-hydrogen) atoms. The predicted octanol–water partition coefficient (Wildman–Crippen LogP) is 5.57. The van der Waals surface area contributed by atoms with Crippen LogP contribution in [0, 0.1) is 0 Å². The van der Waals surface area contributed by atoms with Crippen LogP contribution in [0.25, 0.3) is 16.7 Å². The van der Waals surface area contributed by atoms with Gasteiger partial charge in [0.05, 0.1) is 12.1 Å². The van der Waals surface area contributed by atoms with Crippen molar-refractivity contribution in [2.75, 3.05) is 11.9 Å². The Balaban J connectivity index is 1.67. The fourth-order valence-electron chi connectivity index (χ4n) is 3.22. The van der Waals surface area contributed by atoms with Gasteiger partial charge in [-0.25, -0.2) is 0 Å². The Morgan fingerprint density at radius 1 is 1.07 bits per heavy atom. The lowest BCUT2D eigenvalue weighted by atomic mass is 10.2. The van der Waals surface area contributed by atoms with Crippen molar-refractivity contribution >= 4 is 36.5 Å². The molecule has 0 fully saturated rings. The third kappa shape index (κ3) is 3.70. The van der Waals surface area contributed by atoms with E-state index in [9.17, 15) is 0 Å². The van der Waals surface area contributed by atoms with Crippen LogP contribution in [-0.4, -0.2) is 34.9 Å². The molecule has 0 bridgehead atoms. The minimum absolute atomic E-state index is 0.192. The number of fused-ring (bicyclic) bond motifs is 3. The highest BCUT2D eigenvalue weighted by molar-refractivity contribution is 6.74. The fourth-order valence-corrected chi connectivity index (χ4v) is 4.18. The van der Waals surface area contributed by atoms with E-state index in [1.54, 1.807) is 6.33 Å². The van der Waals surface area contributed by atoms with Crippen molar-refractivity contribution in [2.45, 2.75) is 45.5 Å². The Bertz CT molecular complexity index is 1200. The molecule has 0 radical (unpaired) electrons. The number of hydrogen-bond acceptors (Lipinski definition) is 5. The molecule has 6 nitrogen and oxygen atoms in total. The van der Waals surface area contributed by atoms with Gasteiger partial charge in [-0.1, -0.05) is 45.0 Å². The van der Waals surface area contributed by atoms with Crippen LogP contribution < -0.4 is 4.90 Å². The number of hydrogen-bond donors (Lipinski definition) is 0. The number of anilines is 2. The minimum Gasteiger partial charge on any atom is -0.413 e. The fraction of sp³-hybridized carbons (Fsp3) is 0.348. The molecule has 0 unspecified atom stereocenters. The summed E-state index contributed by atoms with van der Waals surface area (Å²) in [6.45, 7) is 12.0. The second-order valence-electron chi connectivity index (χ2n) is 9.23. The number of rotatable bonds is 5. The highest BCUT2D eigenvalue weighted by atomic mass is 28.4. The molecule has 0 N–H and O–H groups in total. The quantitative estimate of drug-likeness (QED) is 0.396. The molecule has 2 aromatic carbocycles. The third-order valence-electron chi connectivity index (χ3n) is 6.16. The van der Waals surface area contributed by atoms with E-state index < -0.39 is 8.32 Å². The average molecular weight is 420 g/mol. The maximum absolute atomic E-state index is 6.42. The summed E-state index contributed by atoms with van der Waals surface area (Å²) >= 11 is 0. The summed E-state index contributed by atoms with van der Waals surface area (Å²) in [5, 5.41) is 9.43. The van der Waals surface area contributed by atoms with Gasteiger partial charge >= 0.3 is 0 Å². The van der Waals surface area contributed by atoms with Gasteiger partial charge in [0.25, 0.3) is 5.78 Å². The van der Waals surface area contributed by atoms with Crippen LogP contribution in [-0.2, 0) is 11.0 Å². The van der Waals surface area contributed by atoms with Gasteiger partial charge in [0.15, 0.2) is 8.32 Å². The van der Waals surface area contributed by atoms with Gasteiger partial charge in [-0.3, -0.25) is 4.40 Å². The minimum atomic E-state index is -1.80. The molecule has 2 aromatic heterocycles. The topological polar surface area (TPSA) is 55.5 Å². The molecule has 0 aliphatic carbocycles. The smallest absolute Gasteiger partial charge is 0.257 e. The van der Waals surface area contributed by atoms with Gasteiger partial charge in [-0.15, -0.1) is 10.2 Å². The van der Waals surface area contributed by atoms with Crippen LogP contribution in [0.4, 0.5) is 11.5 Å². The number of benzene rings is 2. The summed E-state index contributed by atoms with van der Waals surface area (Å²) in [5.41, 5.74) is 3.26. The molecule has 0 saturated carbocycles.